The Labute approximate surface area is 199 Å². The Bertz CT molecular complexity index is 893. The van der Waals surface area contributed by atoms with Gasteiger partial charge in [0.1, 0.15) is 4.32 Å². The van der Waals surface area contributed by atoms with Crippen LogP contribution in [0.3, 0.4) is 0 Å². The molecule has 1 atom stereocenters. The number of methoxy groups -OCH3 is 3. The van der Waals surface area contributed by atoms with Gasteiger partial charge in [0.15, 0.2) is 11.5 Å². The number of nitrogens with zero attached hydrogens (tertiary/aromatic N) is 2. The number of hydrogen-bond acceptors (Lipinski definition) is 7. The highest BCUT2D eigenvalue weighted by atomic mass is 32.2. The smallest absolute Gasteiger partial charge is 0.266 e. The van der Waals surface area contributed by atoms with Gasteiger partial charge in [-0.15, -0.1) is 0 Å². The second kappa shape index (κ2) is 11.0. The number of amides is 2. The minimum Gasteiger partial charge on any atom is -0.493 e. The molecular formula is C23H30N2O5S2. The van der Waals surface area contributed by atoms with Gasteiger partial charge in [-0.05, 0) is 49.5 Å². The summed E-state index contributed by atoms with van der Waals surface area (Å²) in [7, 11) is 4.63. The molecule has 1 aromatic rings. The van der Waals surface area contributed by atoms with Gasteiger partial charge in [-0.3, -0.25) is 14.5 Å². The van der Waals surface area contributed by atoms with E-state index in [-0.39, 0.29) is 18.2 Å². The molecule has 0 aliphatic carbocycles. The first-order valence-corrected chi connectivity index (χ1v) is 12.0. The van der Waals surface area contributed by atoms with Gasteiger partial charge in [-0.2, -0.15) is 0 Å². The van der Waals surface area contributed by atoms with Crippen molar-refractivity contribution in [2.24, 2.45) is 0 Å². The zero-order chi connectivity index (χ0) is 23.3. The largest absolute Gasteiger partial charge is 0.493 e. The quantitative estimate of drug-likeness (QED) is 0.412. The molecule has 32 heavy (non-hydrogen) atoms. The maximum Gasteiger partial charge on any atom is 0.266 e. The SMILES string of the molecule is CC[C@@H]1CCCCN1C(=O)CCN1C(=O)/C(=C/c2cc(OC)c(OC)c(OC)c2)SC1=S. The highest BCUT2D eigenvalue weighted by Gasteiger charge is 2.33. The number of ether oxygens (including phenoxy) is 3. The first-order chi connectivity index (χ1) is 15.4. The Morgan fingerprint density at radius 3 is 2.47 bits per heavy atom. The molecule has 2 aliphatic heterocycles. The predicted molar refractivity (Wildman–Crippen MR) is 130 cm³/mol. The number of carbonyl (C=O) groups is 2. The maximum absolute atomic E-state index is 13.0. The molecule has 174 valence electrons. The van der Waals surface area contributed by atoms with Crippen LogP contribution in [-0.4, -0.2) is 66.4 Å². The van der Waals surface area contributed by atoms with Crippen LogP contribution < -0.4 is 14.2 Å². The molecular weight excluding hydrogens is 448 g/mol. The molecule has 0 spiro atoms. The van der Waals surface area contributed by atoms with Crippen LogP contribution in [0.5, 0.6) is 17.2 Å². The van der Waals surface area contributed by atoms with Crippen molar-refractivity contribution in [3.8, 4) is 17.2 Å². The molecule has 2 heterocycles. The van der Waals surface area contributed by atoms with Gasteiger partial charge in [-0.25, -0.2) is 0 Å². The lowest BCUT2D eigenvalue weighted by molar-refractivity contribution is -0.135. The van der Waals surface area contributed by atoms with Crippen LogP contribution in [0.25, 0.3) is 6.08 Å². The number of carbonyl (C=O) groups excluding carboxylic acids is 2. The average Bonchev–Trinajstić information content (AvgIpc) is 3.08. The molecule has 0 unspecified atom stereocenters. The fourth-order valence-corrected chi connectivity index (χ4v) is 5.44. The summed E-state index contributed by atoms with van der Waals surface area (Å²) in [6, 6.07) is 3.86. The number of benzene rings is 1. The average molecular weight is 479 g/mol. The Morgan fingerprint density at radius 1 is 1.19 bits per heavy atom. The molecule has 2 saturated heterocycles. The summed E-state index contributed by atoms with van der Waals surface area (Å²) in [5.41, 5.74) is 0.732. The highest BCUT2D eigenvalue weighted by Crippen LogP contribution is 2.40. The van der Waals surface area contributed by atoms with Gasteiger partial charge >= 0.3 is 0 Å². The first-order valence-electron chi connectivity index (χ1n) is 10.8. The normalized spacial score (nSPS) is 20.1. The van der Waals surface area contributed by atoms with E-state index in [0.29, 0.717) is 39.1 Å². The van der Waals surface area contributed by atoms with E-state index < -0.39 is 0 Å². The molecule has 2 amide bonds. The minimum absolute atomic E-state index is 0.0965. The molecule has 2 fully saturated rings. The summed E-state index contributed by atoms with van der Waals surface area (Å²) in [4.78, 5) is 29.8. The van der Waals surface area contributed by atoms with Gasteiger partial charge < -0.3 is 19.1 Å². The summed E-state index contributed by atoms with van der Waals surface area (Å²) in [5.74, 6) is 1.41. The Kier molecular flexibility index (Phi) is 8.42. The molecule has 2 aliphatic rings. The lowest BCUT2D eigenvalue weighted by atomic mass is 9.99. The molecule has 1 aromatic carbocycles. The van der Waals surface area contributed by atoms with E-state index in [1.165, 1.54) is 23.1 Å². The third-order valence-electron chi connectivity index (χ3n) is 5.83. The lowest BCUT2D eigenvalue weighted by Crippen LogP contribution is -2.44. The summed E-state index contributed by atoms with van der Waals surface area (Å²) in [5, 5.41) is 0. The predicted octanol–water partition coefficient (Wildman–Crippen LogP) is 4.09. The molecule has 0 saturated carbocycles. The molecule has 0 bridgehead atoms. The number of likely N-dealkylation sites (tertiary alicyclic amines) is 1. The monoisotopic (exact) mass is 478 g/mol. The Hall–Kier alpha value is -2.26. The maximum atomic E-state index is 13.0. The van der Waals surface area contributed by atoms with Gasteiger partial charge in [0.2, 0.25) is 11.7 Å². The van der Waals surface area contributed by atoms with E-state index >= 15 is 0 Å². The fourth-order valence-electron chi connectivity index (χ4n) is 4.13. The standard InChI is InChI=1S/C23H30N2O5S2/c1-5-16-8-6-7-10-24(16)20(26)9-11-25-22(27)19(32-23(25)31)14-15-12-17(28-2)21(30-4)18(13-15)29-3/h12-14,16H,5-11H2,1-4H3/b19-14-/t16-/m1/s1. The van der Waals surface area contributed by atoms with Gasteiger partial charge in [-0.1, -0.05) is 30.9 Å². The number of thiocarbonyl (C=S) groups is 1. The summed E-state index contributed by atoms with van der Waals surface area (Å²) < 4.78 is 16.6. The zero-order valence-corrected chi connectivity index (χ0v) is 20.6. The summed E-state index contributed by atoms with van der Waals surface area (Å²) in [6.07, 6.45) is 6.26. The highest BCUT2D eigenvalue weighted by molar-refractivity contribution is 8.26. The molecule has 3 rings (SSSR count). The van der Waals surface area contributed by atoms with Crippen molar-refractivity contribution in [3.63, 3.8) is 0 Å². The van der Waals surface area contributed by atoms with E-state index in [9.17, 15) is 9.59 Å². The number of rotatable bonds is 8. The second-order valence-corrected chi connectivity index (χ2v) is 9.36. The molecule has 9 heteroatoms. The van der Waals surface area contributed by atoms with E-state index in [0.717, 1.165) is 31.4 Å². The Morgan fingerprint density at radius 2 is 1.88 bits per heavy atom. The lowest BCUT2D eigenvalue weighted by Gasteiger charge is -2.35. The van der Waals surface area contributed by atoms with E-state index in [1.807, 2.05) is 4.90 Å². The van der Waals surface area contributed by atoms with Crippen molar-refractivity contribution in [1.29, 1.82) is 0 Å². The molecule has 7 nitrogen and oxygen atoms in total. The third-order valence-corrected chi connectivity index (χ3v) is 7.20. The third kappa shape index (κ3) is 5.20. The van der Waals surface area contributed by atoms with Crippen molar-refractivity contribution < 1.29 is 23.8 Å². The number of hydrogen-bond donors (Lipinski definition) is 0. The van der Waals surface area contributed by atoms with E-state index in [1.54, 1.807) is 39.5 Å². The second-order valence-electron chi connectivity index (χ2n) is 7.69. The molecule has 0 aromatic heterocycles. The van der Waals surface area contributed by atoms with Crippen LogP contribution in [0.1, 0.15) is 44.6 Å². The molecule has 0 N–H and O–H groups in total. The fraction of sp³-hybridized carbons (Fsp3) is 0.522. The molecule has 0 radical (unpaired) electrons. The Balaban J connectivity index is 1.72. The van der Waals surface area contributed by atoms with Crippen LogP contribution in [0.4, 0.5) is 0 Å². The van der Waals surface area contributed by atoms with Crippen molar-refractivity contribution in [3.05, 3.63) is 22.6 Å². The zero-order valence-electron chi connectivity index (χ0n) is 19.0. The van der Waals surface area contributed by atoms with Gasteiger partial charge in [0.25, 0.3) is 5.91 Å². The van der Waals surface area contributed by atoms with Gasteiger partial charge in [0, 0.05) is 25.6 Å². The van der Waals surface area contributed by atoms with Crippen molar-refractivity contribution >= 4 is 46.2 Å². The van der Waals surface area contributed by atoms with Crippen LogP contribution in [0.15, 0.2) is 17.0 Å². The van der Waals surface area contributed by atoms with Gasteiger partial charge in [0.05, 0.1) is 26.2 Å². The summed E-state index contributed by atoms with van der Waals surface area (Å²) >= 11 is 6.67. The number of thioether (sulfide) groups is 1. The van der Waals surface area contributed by atoms with Crippen molar-refractivity contribution in [2.75, 3.05) is 34.4 Å². The number of piperidine rings is 1. The van der Waals surface area contributed by atoms with E-state index in [4.69, 9.17) is 26.4 Å². The van der Waals surface area contributed by atoms with Crippen LogP contribution in [0.2, 0.25) is 0 Å². The van der Waals surface area contributed by atoms with Crippen LogP contribution in [-0.2, 0) is 9.59 Å². The van der Waals surface area contributed by atoms with E-state index in [2.05, 4.69) is 6.92 Å². The van der Waals surface area contributed by atoms with Crippen LogP contribution in [0, 0.1) is 0 Å². The minimum atomic E-state index is -0.188. The van der Waals surface area contributed by atoms with Crippen LogP contribution >= 0.6 is 24.0 Å². The van der Waals surface area contributed by atoms with Crippen molar-refractivity contribution in [1.82, 2.24) is 9.80 Å². The first kappa shape index (κ1) is 24.4. The topological polar surface area (TPSA) is 68.3 Å². The summed E-state index contributed by atoms with van der Waals surface area (Å²) in [6.45, 7) is 3.21. The van der Waals surface area contributed by atoms with Crippen molar-refractivity contribution in [2.45, 2.75) is 45.1 Å².